The van der Waals surface area contributed by atoms with Crippen molar-refractivity contribution in [2.75, 3.05) is 13.1 Å². The number of hydrogen-bond donors (Lipinski definition) is 1. The van der Waals surface area contributed by atoms with E-state index in [1.54, 1.807) is 28.0 Å². The maximum Gasteiger partial charge on any atom is 0.252 e. The Kier molecular flexibility index (Phi) is 3.66. The number of thiophene rings is 1. The summed E-state index contributed by atoms with van der Waals surface area (Å²) in [6.45, 7) is 3.06. The summed E-state index contributed by atoms with van der Waals surface area (Å²) in [6.07, 6.45) is 3.64. The average Bonchev–Trinajstić information content (AvgIpc) is 3.10. The first-order chi connectivity index (χ1) is 9.57. The molecule has 0 saturated carbocycles. The van der Waals surface area contributed by atoms with Crippen LogP contribution < -0.4 is 0 Å². The van der Waals surface area contributed by atoms with E-state index < -0.39 is 10.0 Å². The van der Waals surface area contributed by atoms with Gasteiger partial charge in [0.2, 0.25) is 0 Å². The van der Waals surface area contributed by atoms with E-state index in [0.29, 0.717) is 17.3 Å². The molecular formula is C13H17N3O2S2. The standard InChI is InChI=1S/C13H17N3O2S2/c1-10-8-14-13(15-10)11-4-2-6-16(9-11)20(17,18)12-5-3-7-19-12/h3,5,7-8,11H,2,4,6,9H2,1H3,(H,14,15). The maximum absolute atomic E-state index is 12.5. The van der Waals surface area contributed by atoms with Crippen molar-refractivity contribution >= 4 is 21.4 Å². The second-order valence-corrected chi connectivity index (χ2v) is 8.20. The van der Waals surface area contributed by atoms with Crippen LogP contribution in [0.3, 0.4) is 0 Å². The van der Waals surface area contributed by atoms with E-state index in [1.165, 1.54) is 11.3 Å². The number of aryl methyl sites for hydroxylation is 1. The molecule has 20 heavy (non-hydrogen) atoms. The third-order valence-corrected chi connectivity index (χ3v) is 6.82. The van der Waals surface area contributed by atoms with Gasteiger partial charge < -0.3 is 4.98 Å². The van der Waals surface area contributed by atoms with E-state index in [2.05, 4.69) is 9.97 Å². The number of nitrogens with one attached hydrogen (secondary N) is 1. The van der Waals surface area contributed by atoms with Gasteiger partial charge in [-0.2, -0.15) is 4.31 Å². The van der Waals surface area contributed by atoms with E-state index >= 15 is 0 Å². The van der Waals surface area contributed by atoms with Gasteiger partial charge in [-0.05, 0) is 31.2 Å². The predicted octanol–water partition coefficient (Wildman–Crippen LogP) is 2.35. The fraction of sp³-hybridized carbons (Fsp3) is 0.462. The summed E-state index contributed by atoms with van der Waals surface area (Å²) in [7, 11) is -3.34. The van der Waals surface area contributed by atoms with Crippen molar-refractivity contribution in [3.8, 4) is 0 Å². The molecule has 5 nitrogen and oxygen atoms in total. The molecule has 1 aliphatic rings. The number of aromatic amines is 1. The highest BCUT2D eigenvalue weighted by atomic mass is 32.2. The number of hydrogen-bond acceptors (Lipinski definition) is 4. The topological polar surface area (TPSA) is 66.1 Å². The summed E-state index contributed by atoms with van der Waals surface area (Å²) in [5.41, 5.74) is 1.01. The molecular weight excluding hydrogens is 294 g/mol. The maximum atomic E-state index is 12.5. The number of sulfonamides is 1. The Hall–Kier alpha value is -1.18. The first-order valence-electron chi connectivity index (χ1n) is 6.62. The number of piperidine rings is 1. The highest BCUT2D eigenvalue weighted by Gasteiger charge is 2.32. The Bertz CT molecular complexity index is 676. The van der Waals surface area contributed by atoms with Crippen molar-refractivity contribution in [3.05, 3.63) is 35.2 Å². The second kappa shape index (κ2) is 5.31. The van der Waals surface area contributed by atoms with Gasteiger partial charge >= 0.3 is 0 Å². The summed E-state index contributed by atoms with van der Waals surface area (Å²) in [5.74, 6) is 1.06. The number of aromatic nitrogens is 2. The molecule has 2 aromatic heterocycles. The molecule has 7 heteroatoms. The quantitative estimate of drug-likeness (QED) is 0.946. The van der Waals surface area contributed by atoms with Crippen LogP contribution in [0.5, 0.6) is 0 Å². The van der Waals surface area contributed by atoms with Crippen molar-refractivity contribution in [2.24, 2.45) is 0 Å². The number of H-pyrrole nitrogens is 1. The largest absolute Gasteiger partial charge is 0.346 e. The van der Waals surface area contributed by atoms with Crippen LogP contribution in [0.15, 0.2) is 27.9 Å². The molecule has 1 atom stereocenters. The van der Waals surface area contributed by atoms with Crippen LogP contribution in [0.1, 0.15) is 30.3 Å². The van der Waals surface area contributed by atoms with Crippen molar-refractivity contribution < 1.29 is 8.42 Å². The molecule has 0 aliphatic carbocycles. The monoisotopic (exact) mass is 311 g/mol. The first kappa shape index (κ1) is 13.8. The Balaban J connectivity index is 1.82. The molecule has 0 radical (unpaired) electrons. The lowest BCUT2D eigenvalue weighted by molar-refractivity contribution is 0.310. The smallest absolute Gasteiger partial charge is 0.252 e. The van der Waals surface area contributed by atoms with Gasteiger partial charge in [-0.15, -0.1) is 11.3 Å². The van der Waals surface area contributed by atoms with Crippen molar-refractivity contribution in [1.82, 2.24) is 14.3 Å². The Morgan fingerprint density at radius 3 is 3.00 bits per heavy atom. The van der Waals surface area contributed by atoms with Crippen molar-refractivity contribution in [2.45, 2.75) is 29.9 Å². The fourth-order valence-electron chi connectivity index (χ4n) is 2.56. The van der Waals surface area contributed by atoms with E-state index in [-0.39, 0.29) is 5.92 Å². The molecule has 0 bridgehead atoms. The molecule has 108 valence electrons. The minimum absolute atomic E-state index is 0.159. The summed E-state index contributed by atoms with van der Waals surface area (Å²) in [6, 6.07) is 3.44. The van der Waals surface area contributed by atoms with Gasteiger partial charge in [0.05, 0.1) is 0 Å². The molecule has 1 fully saturated rings. The normalized spacial score (nSPS) is 21.1. The average molecular weight is 311 g/mol. The molecule has 3 heterocycles. The Morgan fingerprint density at radius 1 is 1.50 bits per heavy atom. The lowest BCUT2D eigenvalue weighted by Crippen LogP contribution is -2.39. The summed E-state index contributed by atoms with van der Waals surface area (Å²) in [5, 5.41) is 1.80. The zero-order valence-corrected chi connectivity index (χ0v) is 12.9. The minimum atomic E-state index is -3.34. The van der Waals surface area contributed by atoms with Gasteiger partial charge in [-0.3, -0.25) is 0 Å². The summed E-state index contributed by atoms with van der Waals surface area (Å²) in [4.78, 5) is 7.57. The fourth-order valence-corrected chi connectivity index (χ4v) is 5.23. The first-order valence-corrected chi connectivity index (χ1v) is 8.94. The zero-order chi connectivity index (χ0) is 14.2. The van der Waals surface area contributed by atoms with Gasteiger partial charge in [0, 0.05) is 30.9 Å². The molecule has 1 N–H and O–H groups in total. The third-order valence-electron chi connectivity index (χ3n) is 3.58. The van der Waals surface area contributed by atoms with Gasteiger partial charge in [0.25, 0.3) is 10.0 Å². The molecule has 0 spiro atoms. The van der Waals surface area contributed by atoms with Gasteiger partial charge in [0.1, 0.15) is 10.0 Å². The van der Waals surface area contributed by atoms with Crippen LogP contribution >= 0.6 is 11.3 Å². The zero-order valence-electron chi connectivity index (χ0n) is 11.2. The SMILES string of the molecule is Cc1cnc(C2CCCN(S(=O)(=O)c3cccs3)C2)[nH]1. The molecule has 0 aromatic carbocycles. The number of rotatable bonds is 3. The van der Waals surface area contributed by atoms with Crippen LogP contribution in [-0.4, -0.2) is 35.8 Å². The van der Waals surface area contributed by atoms with E-state index in [4.69, 9.17) is 0 Å². The molecule has 1 unspecified atom stereocenters. The highest BCUT2D eigenvalue weighted by molar-refractivity contribution is 7.91. The molecule has 0 amide bonds. The van der Waals surface area contributed by atoms with Crippen LogP contribution in [0.25, 0.3) is 0 Å². The number of imidazole rings is 1. The molecule has 2 aromatic rings. The van der Waals surface area contributed by atoms with Crippen LogP contribution in [0.4, 0.5) is 0 Å². The van der Waals surface area contributed by atoms with Gasteiger partial charge in [0.15, 0.2) is 0 Å². The molecule has 1 saturated heterocycles. The lowest BCUT2D eigenvalue weighted by Gasteiger charge is -2.30. The van der Waals surface area contributed by atoms with Crippen LogP contribution in [-0.2, 0) is 10.0 Å². The van der Waals surface area contributed by atoms with E-state index in [0.717, 1.165) is 24.4 Å². The van der Waals surface area contributed by atoms with Crippen molar-refractivity contribution in [1.29, 1.82) is 0 Å². The van der Waals surface area contributed by atoms with E-state index in [9.17, 15) is 8.42 Å². The highest BCUT2D eigenvalue weighted by Crippen LogP contribution is 2.30. The van der Waals surface area contributed by atoms with Crippen LogP contribution in [0, 0.1) is 6.92 Å². The Labute approximate surface area is 122 Å². The number of nitrogens with zero attached hydrogens (tertiary/aromatic N) is 2. The van der Waals surface area contributed by atoms with Gasteiger partial charge in [-0.1, -0.05) is 6.07 Å². The molecule has 3 rings (SSSR count). The Morgan fingerprint density at radius 2 is 2.35 bits per heavy atom. The van der Waals surface area contributed by atoms with Crippen molar-refractivity contribution in [3.63, 3.8) is 0 Å². The predicted molar refractivity (Wildman–Crippen MR) is 78.4 cm³/mol. The summed E-state index contributed by atoms with van der Waals surface area (Å²) < 4.78 is 27.1. The van der Waals surface area contributed by atoms with Gasteiger partial charge in [-0.25, -0.2) is 13.4 Å². The minimum Gasteiger partial charge on any atom is -0.346 e. The summed E-state index contributed by atoms with van der Waals surface area (Å²) >= 11 is 1.27. The third kappa shape index (κ3) is 2.53. The molecule has 1 aliphatic heterocycles. The van der Waals surface area contributed by atoms with Crippen LogP contribution in [0.2, 0.25) is 0 Å². The lowest BCUT2D eigenvalue weighted by atomic mass is 9.99. The second-order valence-electron chi connectivity index (χ2n) is 5.09. The van der Waals surface area contributed by atoms with E-state index in [1.807, 2.05) is 6.92 Å².